The van der Waals surface area contributed by atoms with Crippen LogP contribution in [0.4, 0.5) is 0 Å². The number of nitrogens with one attached hydrogen (secondary N) is 2. The molecule has 0 fully saturated rings. The van der Waals surface area contributed by atoms with Crippen LogP contribution < -0.4 is 14.8 Å². The molecule has 2 aliphatic heterocycles. The molecular formula is C26H24N4O5. The van der Waals surface area contributed by atoms with E-state index in [4.69, 9.17) is 9.47 Å². The fourth-order valence-corrected chi connectivity index (χ4v) is 5.05. The van der Waals surface area contributed by atoms with Crippen molar-refractivity contribution in [2.75, 3.05) is 27.4 Å². The molecule has 0 bridgehead atoms. The van der Waals surface area contributed by atoms with E-state index in [2.05, 4.69) is 10.3 Å². The lowest BCUT2D eigenvalue weighted by molar-refractivity contribution is -0.122. The van der Waals surface area contributed by atoms with Crippen molar-refractivity contribution < 1.29 is 24.2 Å². The molecule has 9 nitrogen and oxygen atoms in total. The van der Waals surface area contributed by atoms with Gasteiger partial charge in [0.25, 0.3) is 11.8 Å². The summed E-state index contributed by atoms with van der Waals surface area (Å²) >= 11 is 0. The Morgan fingerprint density at radius 2 is 1.80 bits per heavy atom. The molecule has 35 heavy (non-hydrogen) atoms. The summed E-state index contributed by atoms with van der Waals surface area (Å²) in [5.41, 5.74) is 3.46. The Labute approximate surface area is 200 Å². The van der Waals surface area contributed by atoms with Crippen LogP contribution in [0.3, 0.4) is 0 Å². The molecule has 9 heteroatoms. The van der Waals surface area contributed by atoms with E-state index in [-0.39, 0.29) is 13.3 Å². The van der Waals surface area contributed by atoms with Crippen LogP contribution in [0, 0.1) is 0 Å². The quantitative estimate of drug-likeness (QED) is 0.372. The average Bonchev–Trinajstić information content (AvgIpc) is 3.57. The topological polar surface area (TPSA) is 109 Å². The number of likely N-dealkylation sites (N-methyl/N-ethyl adjacent to an activating group) is 1. The molecule has 2 aromatic heterocycles. The molecule has 0 aliphatic carbocycles. The van der Waals surface area contributed by atoms with Crippen LogP contribution in [-0.4, -0.2) is 64.9 Å². The second-order valence-electron chi connectivity index (χ2n) is 9.09. The number of hydrogen-bond donors (Lipinski definition) is 3. The number of aromatic amines is 1. The average molecular weight is 473 g/mol. The fraction of sp³-hybridized carbons (Fsp3) is 0.231. The zero-order valence-corrected chi connectivity index (χ0v) is 19.3. The number of nitrogens with zero attached hydrogens (tertiary/aromatic N) is 2. The summed E-state index contributed by atoms with van der Waals surface area (Å²) < 4.78 is 13.2. The third kappa shape index (κ3) is 3.39. The van der Waals surface area contributed by atoms with Gasteiger partial charge in [0.15, 0.2) is 11.5 Å². The second kappa shape index (κ2) is 8.00. The highest BCUT2D eigenvalue weighted by atomic mass is 16.7. The van der Waals surface area contributed by atoms with Crippen molar-refractivity contribution in [1.29, 1.82) is 0 Å². The molecule has 4 heterocycles. The van der Waals surface area contributed by atoms with E-state index in [1.807, 2.05) is 60.1 Å². The standard InChI is InChI=1S/C26H24N4O5/c1-29(2)10-14(31)11-30-12-18(16-7-8-20-24(23(16)30)35-13-34-20)22-21(25(32)28-26(22)33)17-9-27-19-6-4-3-5-15(17)19/h3-9,12,14,27,31H,10-11,13H2,1-2H3,(H,28,32,33). The monoisotopic (exact) mass is 472 g/mol. The first kappa shape index (κ1) is 21.5. The summed E-state index contributed by atoms with van der Waals surface area (Å²) in [4.78, 5) is 31.3. The van der Waals surface area contributed by atoms with Gasteiger partial charge < -0.3 is 29.0 Å². The summed E-state index contributed by atoms with van der Waals surface area (Å²) in [6, 6.07) is 11.3. The van der Waals surface area contributed by atoms with Gasteiger partial charge in [0.05, 0.1) is 22.8 Å². The first-order valence-corrected chi connectivity index (χ1v) is 11.3. The molecule has 178 valence electrons. The zero-order valence-electron chi connectivity index (χ0n) is 19.3. The number of H-pyrrole nitrogens is 1. The van der Waals surface area contributed by atoms with Gasteiger partial charge in [-0.05, 0) is 32.3 Å². The van der Waals surface area contributed by atoms with Crippen LogP contribution in [0.15, 0.2) is 48.8 Å². The lowest BCUT2D eigenvalue weighted by Gasteiger charge is -2.17. The predicted molar refractivity (Wildman–Crippen MR) is 131 cm³/mol. The Morgan fingerprint density at radius 1 is 1.03 bits per heavy atom. The van der Waals surface area contributed by atoms with Crippen LogP contribution in [-0.2, 0) is 16.1 Å². The molecule has 6 rings (SSSR count). The smallest absolute Gasteiger partial charge is 0.259 e. The Morgan fingerprint density at radius 3 is 2.60 bits per heavy atom. The van der Waals surface area contributed by atoms with Gasteiger partial charge in [-0.1, -0.05) is 18.2 Å². The largest absolute Gasteiger partial charge is 0.454 e. The van der Waals surface area contributed by atoms with Crippen LogP contribution in [0.2, 0.25) is 0 Å². The number of benzene rings is 2. The maximum absolute atomic E-state index is 13.2. The van der Waals surface area contributed by atoms with Gasteiger partial charge in [0.2, 0.25) is 6.79 Å². The maximum atomic E-state index is 13.2. The molecule has 2 aromatic carbocycles. The van der Waals surface area contributed by atoms with E-state index in [1.54, 1.807) is 12.3 Å². The van der Waals surface area contributed by atoms with Crippen LogP contribution >= 0.6 is 0 Å². The molecule has 0 spiro atoms. The molecule has 2 amide bonds. The Bertz CT molecular complexity index is 1540. The number of carbonyl (C=O) groups is 2. The van der Waals surface area contributed by atoms with Crippen LogP contribution in [0.25, 0.3) is 33.0 Å². The SMILES string of the molecule is CN(C)CC(O)Cn1cc(C2=C(c3c[nH]c4ccccc34)C(=O)NC2=O)c2ccc3c(c21)OCO3. The number of amides is 2. The zero-order chi connectivity index (χ0) is 24.3. The summed E-state index contributed by atoms with van der Waals surface area (Å²) in [5.74, 6) is 0.262. The number of carbonyl (C=O) groups excluding carboxylic acids is 2. The first-order valence-electron chi connectivity index (χ1n) is 11.3. The Kier molecular flexibility index (Phi) is 4.91. The second-order valence-corrected chi connectivity index (χ2v) is 9.09. The maximum Gasteiger partial charge on any atom is 0.259 e. The number of aromatic nitrogens is 2. The summed E-state index contributed by atoms with van der Waals surface area (Å²) in [5, 5.41) is 14.8. The minimum atomic E-state index is -0.660. The van der Waals surface area contributed by atoms with Gasteiger partial charge in [-0.2, -0.15) is 0 Å². The van der Waals surface area contributed by atoms with E-state index in [1.165, 1.54) is 0 Å². The van der Waals surface area contributed by atoms with E-state index < -0.39 is 17.9 Å². The van der Waals surface area contributed by atoms with Crippen molar-refractivity contribution in [1.82, 2.24) is 19.8 Å². The summed E-state index contributed by atoms with van der Waals surface area (Å²) in [7, 11) is 3.79. The third-order valence-corrected chi connectivity index (χ3v) is 6.42. The predicted octanol–water partition coefficient (Wildman–Crippen LogP) is 2.34. The molecule has 1 atom stereocenters. The Hall–Kier alpha value is -4.08. The molecule has 1 unspecified atom stereocenters. The minimum Gasteiger partial charge on any atom is -0.454 e. The number of para-hydroxylation sites is 1. The number of imide groups is 1. The van der Waals surface area contributed by atoms with Gasteiger partial charge >= 0.3 is 0 Å². The number of aliphatic hydroxyl groups excluding tert-OH is 1. The lowest BCUT2D eigenvalue weighted by atomic mass is 9.95. The molecule has 4 aromatic rings. The fourth-order valence-electron chi connectivity index (χ4n) is 5.05. The number of aliphatic hydroxyl groups is 1. The summed E-state index contributed by atoms with van der Waals surface area (Å²) in [6.07, 6.45) is 2.91. The number of fused-ring (bicyclic) bond motifs is 4. The molecule has 3 N–H and O–H groups in total. The van der Waals surface area contributed by atoms with Gasteiger partial charge in [0, 0.05) is 52.9 Å². The molecule has 0 saturated heterocycles. The van der Waals surface area contributed by atoms with Crippen LogP contribution in [0.5, 0.6) is 11.5 Å². The molecular weight excluding hydrogens is 448 g/mol. The highest BCUT2D eigenvalue weighted by molar-refractivity contribution is 6.50. The van der Waals surface area contributed by atoms with Gasteiger partial charge in [-0.25, -0.2) is 0 Å². The Balaban J connectivity index is 1.59. The van der Waals surface area contributed by atoms with Crippen molar-refractivity contribution in [3.05, 3.63) is 59.9 Å². The van der Waals surface area contributed by atoms with E-state index in [0.29, 0.717) is 45.8 Å². The first-order chi connectivity index (χ1) is 16.9. The van der Waals surface area contributed by atoms with Crippen LogP contribution in [0.1, 0.15) is 11.1 Å². The van der Waals surface area contributed by atoms with E-state index in [9.17, 15) is 14.7 Å². The van der Waals surface area contributed by atoms with E-state index in [0.717, 1.165) is 16.3 Å². The van der Waals surface area contributed by atoms with Crippen molar-refractivity contribution in [3.8, 4) is 11.5 Å². The number of hydrogen-bond acceptors (Lipinski definition) is 6. The summed E-state index contributed by atoms with van der Waals surface area (Å²) in [6.45, 7) is 0.834. The number of ether oxygens (including phenoxy) is 2. The molecule has 2 aliphatic rings. The minimum absolute atomic E-state index is 0.0947. The number of rotatable bonds is 6. The van der Waals surface area contributed by atoms with Crippen molar-refractivity contribution >= 4 is 44.8 Å². The molecule has 0 radical (unpaired) electrons. The third-order valence-electron chi connectivity index (χ3n) is 6.42. The van der Waals surface area contributed by atoms with Gasteiger partial charge in [0.1, 0.15) is 0 Å². The highest BCUT2D eigenvalue weighted by Crippen LogP contribution is 2.44. The normalized spacial score (nSPS) is 16.2. The lowest BCUT2D eigenvalue weighted by Crippen LogP contribution is -2.29. The van der Waals surface area contributed by atoms with Crippen molar-refractivity contribution in [2.24, 2.45) is 0 Å². The van der Waals surface area contributed by atoms with Crippen molar-refractivity contribution in [3.63, 3.8) is 0 Å². The van der Waals surface area contributed by atoms with Gasteiger partial charge in [-0.15, -0.1) is 0 Å². The van der Waals surface area contributed by atoms with E-state index >= 15 is 0 Å². The highest BCUT2D eigenvalue weighted by Gasteiger charge is 2.36. The molecule has 0 saturated carbocycles. The van der Waals surface area contributed by atoms with Crippen molar-refractivity contribution in [2.45, 2.75) is 12.6 Å². The van der Waals surface area contributed by atoms with Gasteiger partial charge in [-0.3, -0.25) is 14.9 Å².